The normalized spacial score (nSPS) is 16.1. The molecule has 2 heterocycles. The molecular weight excluding hydrogens is 274 g/mol. The molecule has 0 saturated carbocycles. The Balaban J connectivity index is 1.98. The summed E-state index contributed by atoms with van der Waals surface area (Å²) in [5.41, 5.74) is 0.964. The molecule has 3 rings (SSSR count). The van der Waals surface area contributed by atoms with Crippen LogP contribution in [0.3, 0.4) is 0 Å². The zero-order chi connectivity index (χ0) is 13.9. The van der Waals surface area contributed by atoms with Gasteiger partial charge in [0, 0.05) is 4.88 Å². The van der Waals surface area contributed by atoms with Gasteiger partial charge in [-0.15, -0.1) is 11.3 Å². The molecule has 20 heavy (non-hydrogen) atoms. The van der Waals surface area contributed by atoms with Crippen molar-refractivity contribution in [2.45, 2.75) is 0 Å². The monoisotopic (exact) mass is 285 g/mol. The van der Waals surface area contributed by atoms with Crippen LogP contribution in [0.1, 0.15) is 10.4 Å². The highest BCUT2D eigenvalue weighted by Crippen LogP contribution is 2.25. The minimum Gasteiger partial charge on any atom is -0.496 e. The molecule has 5 heteroatoms. The number of cyclic esters (lactones) is 1. The zero-order valence-corrected chi connectivity index (χ0v) is 11.5. The van der Waals surface area contributed by atoms with Crippen molar-refractivity contribution in [2.75, 3.05) is 7.11 Å². The Hall–Kier alpha value is -2.40. The van der Waals surface area contributed by atoms with Crippen LogP contribution in [0.5, 0.6) is 5.75 Å². The first-order chi connectivity index (χ1) is 9.78. The third-order valence-corrected chi connectivity index (χ3v) is 3.60. The number of esters is 1. The van der Waals surface area contributed by atoms with E-state index in [0.717, 1.165) is 4.88 Å². The maximum atomic E-state index is 11.8. The molecule has 4 nitrogen and oxygen atoms in total. The largest absolute Gasteiger partial charge is 0.496 e. The second kappa shape index (κ2) is 5.30. The van der Waals surface area contributed by atoms with Gasteiger partial charge in [-0.25, -0.2) is 9.79 Å². The number of methoxy groups -OCH3 is 1. The van der Waals surface area contributed by atoms with E-state index in [1.54, 1.807) is 25.3 Å². The van der Waals surface area contributed by atoms with Crippen molar-refractivity contribution in [3.63, 3.8) is 0 Å². The molecule has 2 aromatic rings. The predicted molar refractivity (Wildman–Crippen MR) is 77.9 cm³/mol. The first-order valence-electron chi connectivity index (χ1n) is 5.97. The summed E-state index contributed by atoms with van der Waals surface area (Å²) in [6, 6.07) is 11.1. The Morgan fingerprint density at radius 1 is 1.25 bits per heavy atom. The van der Waals surface area contributed by atoms with Crippen LogP contribution in [0.25, 0.3) is 6.08 Å². The summed E-state index contributed by atoms with van der Waals surface area (Å²) in [6.45, 7) is 0. The Labute approximate surface area is 120 Å². The first kappa shape index (κ1) is 12.6. The third-order valence-electron chi connectivity index (χ3n) is 2.78. The van der Waals surface area contributed by atoms with Gasteiger partial charge < -0.3 is 9.47 Å². The van der Waals surface area contributed by atoms with Gasteiger partial charge in [0.2, 0.25) is 5.90 Å². The highest BCUT2D eigenvalue weighted by Gasteiger charge is 2.26. The lowest BCUT2D eigenvalue weighted by molar-refractivity contribution is -0.129. The van der Waals surface area contributed by atoms with Gasteiger partial charge in [-0.3, -0.25) is 0 Å². The molecule has 0 bridgehead atoms. The molecule has 0 spiro atoms. The number of hydrogen-bond acceptors (Lipinski definition) is 5. The predicted octanol–water partition coefficient (Wildman–Crippen LogP) is 3.10. The lowest BCUT2D eigenvalue weighted by Gasteiger charge is -2.05. The highest BCUT2D eigenvalue weighted by atomic mass is 32.1. The number of ether oxygens (including phenoxy) is 2. The molecule has 100 valence electrons. The number of thiophene rings is 1. The van der Waals surface area contributed by atoms with E-state index in [9.17, 15) is 4.79 Å². The van der Waals surface area contributed by atoms with Crippen molar-refractivity contribution in [2.24, 2.45) is 4.99 Å². The zero-order valence-electron chi connectivity index (χ0n) is 10.7. The van der Waals surface area contributed by atoms with Crippen molar-refractivity contribution in [1.82, 2.24) is 0 Å². The minimum absolute atomic E-state index is 0.273. The van der Waals surface area contributed by atoms with Crippen LogP contribution in [-0.2, 0) is 9.53 Å². The van der Waals surface area contributed by atoms with Gasteiger partial charge in [0.05, 0.1) is 12.7 Å². The van der Waals surface area contributed by atoms with Gasteiger partial charge in [0.25, 0.3) is 0 Å². The van der Waals surface area contributed by atoms with Gasteiger partial charge in [-0.1, -0.05) is 18.2 Å². The second-order valence-corrected chi connectivity index (χ2v) is 5.03. The number of carbonyl (C=O) groups excluding carboxylic acids is 1. The van der Waals surface area contributed by atoms with Crippen LogP contribution in [0, 0.1) is 0 Å². The topological polar surface area (TPSA) is 47.9 Å². The van der Waals surface area contributed by atoms with Crippen LogP contribution in [0.2, 0.25) is 0 Å². The molecule has 0 amide bonds. The average Bonchev–Trinajstić information content (AvgIpc) is 3.10. The maximum Gasteiger partial charge on any atom is 0.363 e. The standard InChI is InChI=1S/C15H11NO3S/c1-18-13-7-3-2-6-11(13)14-16-12(15(17)19-14)9-10-5-4-8-20-10/h2-9H,1H3/b12-9+. The van der Waals surface area contributed by atoms with Gasteiger partial charge in [0.15, 0.2) is 5.70 Å². The average molecular weight is 285 g/mol. The lowest BCUT2D eigenvalue weighted by Crippen LogP contribution is -2.06. The van der Waals surface area contributed by atoms with Crippen molar-refractivity contribution < 1.29 is 14.3 Å². The van der Waals surface area contributed by atoms with Gasteiger partial charge >= 0.3 is 5.97 Å². The molecular formula is C15H11NO3S. The van der Waals surface area contributed by atoms with Crippen molar-refractivity contribution >= 4 is 29.3 Å². The first-order valence-corrected chi connectivity index (χ1v) is 6.85. The molecule has 0 fully saturated rings. The number of rotatable bonds is 3. The summed E-state index contributed by atoms with van der Waals surface area (Å²) in [4.78, 5) is 17.1. The number of carbonyl (C=O) groups is 1. The number of hydrogen-bond donors (Lipinski definition) is 0. The van der Waals surface area contributed by atoms with E-state index in [2.05, 4.69) is 4.99 Å². The van der Waals surface area contributed by atoms with Crippen LogP contribution in [0.4, 0.5) is 0 Å². The molecule has 1 aromatic carbocycles. The molecule has 1 aliphatic rings. The highest BCUT2D eigenvalue weighted by molar-refractivity contribution is 7.10. The number of aliphatic imine (C=N–C) groups is 1. The summed E-state index contributed by atoms with van der Waals surface area (Å²) < 4.78 is 10.5. The Morgan fingerprint density at radius 2 is 2.10 bits per heavy atom. The van der Waals surface area contributed by atoms with Crippen LogP contribution < -0.4 is 4.74 Å². The van der Waals surface area contributed by atoms with E-state index in [4.69, 9.17) is 9.47 Å². The lowest BCUT2D eigenvalue weighted by atomic mass is 10.2. The summed E-state index contributed by atoms with van der Waals surface area (Å²) in [7, 11) is 1.57. The molecule has 0 unspecified atom stereocenters. The van der Waals surface area contributed by atoms with Crippen molar-refractivity contribution in [1.29, 1.82) is 0 Å². The minimum atomic E-state index is -0.445. The van der Waals surface area contributed by atoms with Crippen LogP contribution in [-0.4, -0.2) is 19.0 Å². The summed E-state index contributed by atoms with van der Waals surface area (Å²) >= 11 is 1.54. The number of nitrogens with zero attached hydrogens (tertiary/aromatic N) is 1. The molecule has 1 aromatic heterocycles. The fourth-order valence-corrected chi connectivity index (χ4v) is 2.50. The van der Waals surface area contributed by atoms with Crippen LogP contribution in [0.15, 0.2) is 52.5 Å². The summed E-state index contributed by atoms with van der Waals surface area (Å²) in [5.74, 6) is 0.450. The molecule has 0 radical (unpaired) electrons. The summed E-state index contributed by atoms with van der Waals surface area (Å²) in [5, 5.41) is 1.94. The Bertz CT molecular complexity index is 702. The summed E-state index contributed by atoms with van der Waals surface area (Å²) in [6.07, 6.45) is 1.72. The van der Waals surface area contributed by atoms with E-state index in [-0.39, 0.29) is 5.90 Å². The van der Waals surface area contributed by atoms with Crippen molar-refractivity contribution in [3.05, 3.63) is 57.9 Å². The van der Waals surface area contributed by atoms with E-state index in [1.807, 2.05) is 29.6 Å². The van der Waals surface area contributed by atoms with Gasteiger partial charge in [-0.05, 0) is 29.7 Å². The maximum absolute atomic E-state index is 11.8. The van der Waals surface area contributed by atoms with E-state index < -0.39 is 5.97 Å². The van der Waals surface area contributed by atoms with Gasteiger partial charge in [-0.2, -0.15) is 0 Å². The molecule has 0 aliphatic carbocycles. The molecule has 0 saturated heterocycles. The fraction of sp³-hybridized carbons (Fsp3) is 0.0667. The number of para-hydroxylation sites is 1. The van der Waals surface area contributed by atoms with E-state index >= 15 is 0 Å². The number of benzene rings is 1. The van der Waals surface area contributed by atoms with E-state index in [0.29, 0.717) is 17.0 Å². The van der Waals surface area contributed by atoms with Gasteiger partial charge in [0.1, 0.15) is 5.75 Å². The second-order valence-electron chi connectivity index (χ2n) is 4.05. The SMILES string of the molecule is COc1ccccc1C1=N/C(=C/c2cccs2)C(=O)O1. The molecule has 0 N–H and O–H groups in total. The van der Waals surface area contributed by atoms with Crippen molar-refractivity contribution in [3.8, 4) is 5.75 Å². The van der Waals surface area contributed by atoms with E-state index in [1.165, 1.54) is 11.3 Å². The van der Waals surface area contributed by atoms with Crippen LogP contribution >= 0.6 is 11.3 Å². The quantitative estimate of drug-likeness (QED) is 0.643. The molecule has 1 aliphatic heterocycles. The molecule has 0 atom stereocenters. The smallest absolute Gasteiger partial charge is 0.363 e. The fourth-order valence-electron chi connectivity index (χ4n) is 1.85. The Kier molecular flexibility index (Phi) is 3.35. The third kappa shape index (κ3) is 2.35. The Morgan fingerprint density at radius 3 is 2.85 bits per heavy atom.